The Balaban J connectivity index is 1.17. The first-order chi connectivity index (χ1) is 15.7. The molecule has 1 saturated carbocycles. The number of para-hydroxylation sites is 1. The molecule has 0 aromatic heterocycles. The second-order valence-corrected chi connectivity index (χ2v) is 8.87. The Kier molecular flexibility index (Phi) is 7.63. The van der Waals surface area contributed by atoms with Crippen LogP contribution in [0.5, 0.6) is 5.75 Å². The van der Waals surface area contributed by atoms with E-state index in [2.05, 4.69) is 10.3 Å². The van der Waals surface area contributed by atoms with E-state index in [1.165, 1.54) is 12.8 Å². The van der Waals surface area contributed by atoms with Crippen LogP contribution in [0.4, 0.5) is 5.69 Å². The van der Waals surface area contributed by atoms with Crippen molar-refractivity contribution in [3.05, 3.63) is 23.8 Å². The molecule has 1 aromatic carbocycles. The Bertz CT molecular complexity index is 850. The molecule has 174 valence electrons. The Morgan fingerprint density at radius 1 is 1.19 bits per heavy atom. The molecule has 32 heavy (non-hydrogen) atoms. The minimum atomic E-state index is -0.0276. The van der Waals surface area contributed by atoms with Gasteiger partial charge in [0.05, 0.1) is 13.2 Å². The summed E-state index contributed by atoms with van der Waals surface area (Å²) in [5.41, 5.74) is 1.87. The Hall–Kier alpha value is -2.61. The molecule has 0 atom stereocenters. The first kappa shape index (κ1) is 22.6. The number of fused-ring (bicyclic) bond motifs is 2. The van der Waals surface area contributed by atoms with Crippen molar-refractivity contribution in [3.63, 3.8) is 0 Å². The number of aliphatic hydroxyl groups excluding tert-OH is 1. The van der Waals surface area contributed by atoms with E-state index in [1.54, 1.807) is 0 Å². The first-order valence-corrected chi connectivity index (χ1v) is 11.9. The molecule has 0 unspecified atom stereocenters. The van der Waals surface area contributed by atoms with Crippen molar-refractivity contribution in [2.75, 3.05) is 26.3 Å². The molecule has 1 aliphatic carbocycles. The predicted octanol–water partition coefficient (Wildman–Crippen LogP) is 2.71. The summed E-state index contributed by atoms with van der Waals surface area (Å²) in [6.45, 7) is 2.11. The molecule has 2 heterocycles. The lowest BCUT2D eigenvalue weighted by Gasteiger charge is -2.28. The summed E-state index contributed by atoms with van der Waals surface area (Å²) in [6.07, 6.45) is 8.85. The van der Waals surface area contributed by atoms with Crippen molar-refractivity contribution >= 4 is 23.5 Å². The topological polar surface area (TPSA) is 94.5 Å². The molecular weight excluding hydrogens is 408 g/mol. The molecule has 2 N–H and O–H groups in total. The molecule has 2 fully saturated rings. The number of amides is 2. The number of aliphatic hydroxyl groups is 1. The molecule has 2 amide bonds. The molecule has 8 heteroatoms. The van der Waals surface area contributed by atoms with E-state index >= 15 is 0 Å². The second kappa shape index (κ2) is 10.8. The summed E-state index contributed by atoms with van der Waals surface area (Å²) in [4.78, 5) is 32.6. The fraction of sp³-hybridized carbons (Fsp3) is 0.625. The fourth-order valence-electron chi connectivity index (χ4n) is 4.86. The molecule has 2 aliphatic heterocycles. The van der Waals surface area contributed by atoms with Gasteiger partial charge in [0, 0.05) is 31.1 Å². The number of benzene rings is 1. The number of aliphatic imine (C=N–C) groups is 1. The number of hydrogen-bond acceptors (Lipinski definition) is 6. The highest BCUT2D eigenvalue weighted by Crippen LogP contribution is 2.36. The van der Waals surface area contributed by atoms with E-state index in [0.29, 0.717) is 44.7 Å². The van der Waals surface area contributed by atoms with E-state index in [9.17, 15) is 14.7 Å². The zero-order valence-electron chi connectivity index (χ0n) is 18.7. The molecular formula is C24H34N4O4. The summed E-state index contributed by atoms with van der Waals surface area (Å²) in [5.74, 6) is 1.52. The Morgan fingerprint density at radius 3 is 2.81 bits per heavy atom. The maximum absolute atomic E-state index is 12.6. The summed E-state index contributed by atoms with van der Waals surface area (Å²) >= 11 is 0. The number of unbranched alkanes of at least 4 members (excludes halogenated alkanes) is 3. The third-order valence-corrected chi connectivity index (χ3v) is 6.52. The fourth-order valence-corrected chi connectivity index (χ4v) is 4.86. The number of carbonyl (C=O) groups is 2. The molecule has 0 bridgehead atoms. The third-order valence-electron chi connectivity index (χ3n) is 6.52. The van der Waals surface area contributed by atoms with E-state index < -0.39 is 0 Å². The van der Waals surface area contributed by atoms with Crippen LogP contribution in [0.1, 0.15) is 63.4 Å². The van der Waals surface area contributed by atoms with Gasteiger partial charge >= 0.3 is 0 Å². The number of nitrogens with one attached hydrogen (secondary N) is 1. The normalized spacial score (nSPS) is 17.6. The van der Waals surface area contributed by atoms with Crippen LogP contribution in [0.25, 0.3) is 0 Å². The predicted molar refractivity (Wildman–Crippen MR) is 122 cm³/mol. The molecule has 8 nitrogen and oxygen atoms in total. The van der Waals surface area contributed by atoms with Gasteiger partial charge < -0.3 is 19.6 Å². The monoisotopic (exact) mass is 442 g/mol. The van der Waals surface area contributed by atoms with Crippen LogP contribution < -0.4 is 10.1 Å². The largest absolute Gasteiger partial charge is 0.491 e. The van der Waals surface area contributed by atoms with Gasteiger partial charge in [-0.3, -0.25) is 14.9 Å². The zero-order valence-corrected chi connectivity index (χ0v) is 18.7. The maximum Gasteiger partial charge on any atom is 0.246 e. The first-order valence-electron chi connectivity index (χ1n) is 11.9. The lowest BCUT2D eigenvalue weighted by molar-refractivity contribution is -0.134. The second-order valence-electron chi connectivity index (χ2n) is 8.87. The lowest BCUT2D eigenvalue weighted by atomic mass is 10.1. The number of nitrogens with zero attached hydrogens (tertiary/aromatic N) is 3. The van der Waals surface area contributed by atoms with Crippen LogP contribution in [-0.2, 0) is 16.1 Å². The minimum Gasteiger partial charge on any atom is -0.491 e. The maximum atomic E-state index is 12.6. The molecule has 0 radical (unpaired) electrons. The molecule has 4 rings (SSSR count). The highest BCUT2D eigenvalue weighted by Gasteiger charge is 2.30. The number of hydrogen-bond donors (Lipinski definition) is 2. The molecule has 3 aliphatic rings. The van der Waals surface area contributed by atoms with Crippen LogP contribution in [0.3, 0.4) is 0 Å². The molecule has 1 saturated heterocycles. The number of carbonyl (C=O) groups excluding carboxylic acids is 2. The summed E-state index contributed by atoms with van der Waals surface area (Å²) < 4.78 is 6.00. The van der Waals surface area contributed by atoms with Gasteiger partial charge in [-0.1, -0.05) is 37.8 Å². The average Bonchev–Trinajstić information content (AvgIpc) is 3.43. The number of rotatable bonds is 11. The third kappa shape index (κ3) is 5.41. The Labute approximate surface area is 189 Å². The van der Waals surface area contributed by atoms with Gasteiger partial charge in [0.25, 0.3) is 0 Å². The minimum absolute atomic E-state index is 0.0276. The van der Waals surface area contributed by atoms with Gasteiger partial charge in [-0.25, -0.2) is 4.99 Å². The highest BCUT2D eigenvalue weighted by atomic mass is 16.5. The van der Waals surface area contributed by atoms with Crippen molar-refractivity contribution in [3.8, 4) is 5.75 Å². The van der Waals surface area contributed by atoms with Crippen LogP contribution >= 0.6 is 0 Å². The van der Waals surface area contributed by atoms with Gasteiger partial charge in [0.2, 0.25) is 17.8 Å². The van der Waals surface area contributed by atoms with Crippen molar-refractivity contribution in [2.45, 2.75) is 70.4 Å². The van der Waals surface area contributed by atoms with Crippen molar-refractivity contribution in [1.82, 2.24) is 15.1 Å². The van der Waals surface area contributed by atoms with E-state index in [1.807, 2.05) is 28.0 Å². The summed E-state index contributed by atoms with van der Waals surface area (Å²) in [7, 11) is 0. The SMILES string of the molecule is O=C1CN2Cc3cccc(OCCCCCCC(=O)N(CCO)C4CCCC4)c3N=C2N1. The lowest BCUT2D eigenvalue weighted by Crippen LogP contribution is -2.40. The number of ether oxygens (including phenoxy) is 1. The van der Waals surface area contributed by atoms with Gasteiger partial charge in [0.1, 0.15) is 18.0 Å². The van der Waals surface area contributed by atoms with Crippen molar-refractivity contribution < 1.29 is 19.4 Å². The van der Waals surface area contributed by atoms with Gasteiger partial charge in [-0.2, -0.15) is 0 Å². The van der Waals surface area contributed by atoms with Crippen molar-refractivity contribution in [1.29, 1.82) is 0 Å². The van der Waals surface area contributed by atoms with E-state index in [0.717, 1.165) is 55.5 Å². The smallest absolute Gasteiger partial charge is 0.246 e. The van der Waals surface area contributed by atoms with Crippen LogP contribution in [0, 0.1) is 0 Å². The molecule has 0 spiro atoms. The van der Waals surface area contributed by atoms with Crippen LogP contribution in [0.2, 0.25) is 0 Å². The quantitative estimate of drug-likeness (QED) is 0.514. The summed E-state index contributed by atoms with van der Waals surface area (Å²) in [6, 6.07) is 6.24. The standard InChI is InChI=1S/C24H34N4O4/c29-14-13-28(19-9-4-5-10-19)22(31)12-3-1-2-6-15-32-20-11-7-8-18-16-27-17-21(30)25-24(27)26-23(18)20/h7-8,11,19,29H,1-6,9-10,12-17H2,(H,25,26,30). The zero-order chi connectivity index (χ0) is 22.3. The Morgan fingerprint density at radius 2 is 2.00 bits per heavy atom. The number of guanidine groups is 1. The van der Waals surface area contributed by atoms with Crippen LogP contribution in [0.15, 0.2) is 23.2 Å². The molecule has 1 aromatic rings. The van der Waals surface area contributed by atoms with E-state index in [4.69, 9.17) is 4.74 Å². The van der Waals surface area contributed by atoms with Gasteiger partial charge in [0.15, 0.2) is 0 Å². The average molecular weight is 443 g/mol. The van der Waals surface area contributed by atoms with Crippen molar-refractivity contribution in [2.24, 2.45) is 4.99 Å². The summed E-state index contributed by atoms with van der Waals surface area (Å²) in [5, 5.41) is 12.1. The highest BCUT2D eigenvalue weighted by molar-refractivity contribution is 6.06. The van der Waals surface area contributed by atoms with Crippen LogP contribution in [-0.4, -0.2) is 65.0 Å². The van der Waals surface area contributed by atoms with E-state index in [-0.39, 0.29) is 18.4 Å². The van der Waals surface area contributed by atoms with Gasteiger partial charge in [-0.15, -0.1) is 0 Å². The van der Waals surface area contributed by atoms with Gasteiger partial charge in [-0.05, 0) is 31.7 Å².